The first-order chi connectivity index (χ1) is 15.0. The first-order valence-electron chi connectivity index (χ1n) is 10.2. The number of rotatable bonds is 3. The molecule has 0 spiro atoms. The molecule has 0 bridgehead atoms. The first kappa shape index (κ1) is 19.0. The highest BCUT2D eigenvalue weighted by Gasteiger charge is 2.43. The van der Waals surface area contributed by atoms with Gasteiger partial charge in [-0.25, -0.2) is 4.79 Å². The quantitative estimate of drug-likeness (QED) is 0.385. The summed E-state index contributed by atoms with van der Waals surface area (Å²) in [5, 5.41) is 1.75. The molecule has 0 radical (unpaired) electrons. The van der Waals surface area contributed by atoms with E-state index in [4.69, 9.17) is 4.74 Å². The lowest BCUT2D eigenvalue weighted by atomic mass is 9.75. The molecule has 5 rings (SSSR count). The lowest BCUT2D eigenvalue weighted by Gasteiger charge is -2.36. The molecule has 1 aliphatic rings. The van der Waals surface area contributed by atoms with Gasteiger partial charge in [0.1, 0.15) is 0 Å². The zero-order valence-electron chi connectivity index (χ0n) is 17.1. The molecule has 0 fully saturated rings. The van der Waals surface area contributed by atoms with Crippen LogP contribution in [-0.2, 0) is 10.3 Å². The second-order valence-electron chi connectivity index (χ2n) is 7.80. The number of hydrogen-bond donors (Lipinski definition) is 0. The summed E-state index contributed by atoms with van der Waals surface area (Å²) in [5.74, 6) is -0.492. The second-order valence-corrected chi connectivity index (χ2v) is 7.80. The van der Waals surface area contributed by atoms with Gasteiger partial charge in [-0.05, 0) is 29.3 Å². The lowest BCUT2D eigenvalue weighted by Crippen LogP contribution is -2.37. The van der Waals surface area contributed by atoms with E-state index in [1.54, 1.807) is 24.3 Å². The van der Waals surface area contributed by atoms with Crippen molar-refractivity contribution in [3.63, 3.8) is 0 Å². The molecule has 0 atom stereocenters. The minimum atomic E-state index is -1.09. The third-order valence-electron chi connectivity index (χ3n) is 6.07. The molecular weight excluding hydrogens is 384 g/mol. The Morgan fingerprint density at radius 3 is 1.97 bits per heavy atom. The molecule has 150 valence electrons. The second kappa shape index (κ2) is 7.06. The van der Waals surface area contributed by atoms with Crippen LogP contribution in [0.15, 0.2) is 91.5 Å². The van der Waals surface area contributed by atoms with Gasteiger partial charge in [0.2, 0.25) is 0 Å². The van der Waals surface area contributed by atoms with Crippen LogP contribution in [0, 0.1) is 0 Å². The van der Waals surface area contributed by atoms with Crippen LogP contribution in [0.3, 0.4) is 0 Å². The van der Waals surface area contributed by atoms with Crippen LogP contribution in [0.2, 0.25) is 0 Å². The maximum atomic E-state index is 13.5. The van der Waals surface area contributed by atoms with Gasteiger partial charge in [-0.2, -0.15) is 0 Å². The highest BCUT2D eigenvalue weighted by Crippen LogP contribution is 2.43. The maximum absolute atomic E-state index is 13.5. The summed E-state index contributed by atoms with van der Waals surface area (Å²) in [6, 6.07) is 26.0. The summed E-state index contributed by atoms with van der Waals surface area (Å²) in [7, 11) is 0. The number of esters is 1. The monoisotopic (exact) mass is 404 g/mol. The number of benzene rings is 4. The molecule has 0 saturated carbocycles. The van der Waals surface area contributed by atoms with Gasteiger partial charge in [-0.15, -0.1) is 0 Å². The third-order valence-corrected chi connectivity index (χ3v) is 6.07. The molecule has 0 heterocycles. The van der Waals surface area contributed by atoms with E-state index in [0.29, 0.717) is 27.8 Å². The number of fused-ring (bicyclic) bond motifs is 3. The average Bonchev–Trinajstić information content (AvgIpc) is 2.82. The zero-order chi connectivity index (χ0) is 21.6. The zero-order valence-corrected chi connectivity index (χ0v) is 17.1. The van der Waals surface area contributed by atoms with Gasteiger partial charge in [0.25, 0.3) is 0 Å². The molecular formula is C28H20O3. The Morgan fingerprint density at radius 1 is 0.806 bits per heavy atom. The summed E-state index contributed by atoms with van der Waals surface area (Å²) >= 11 is 0. The van der Waals surface area contributed by atoms with Crippen molar-refractivity contribution in [3.8, 4) is 0 Å². The average molecular weight is 404 g/mol. The Kier molecular flexibility index (Phi) is 4.33. The Balaban J connectivity index is 1.67. The summed E-state index contributed by atoms with van der Waals surface area (Å²) in [4.78, 5) is 26.5. The van der Waals surface area contributed by atoms with Gasteiger partial charge in [-0.3, -0.25) is 4.79 Å². The van der Waals surface area contributed by atoms with Gasteiger partial charge in [0, 0.05) is 22.3 Å². The van der Waals surface area contributed by atoms with E-state index < -0.39 is 11.6 Å². The largest absolute Gasteiger partial charge is 0.446 e. The van der Waals surface area contributed by atoms with E-state index in [1.165, 1.54) is 0 Å². The SMILES string of the molecule is C=Cc1ccc(C(=O)OC2(C)c3ccccc3C(=O)c3ccccc32)c2ccccc12. The van der Waals surface area contributed by atoms with Crippen LogP contribution in [0.5, 0.6) is 0 Å². The fourth-order valence-electron chi connectivity index (χ4n) is 4.51. The smallest absolute Gasteiger partial charge is 0.339 e. The Labute approximate surface area is 180 Å². The minimum absolute atomic E-state index is 0.0551. The predicted molar refractivity (Wildman–Crippen MR) is 122 cm³/mol. The van der Waals surface area contributed by atoms with Gasteiger partial charge in [0.15, 0.2) is 11.4 Å². The number of ether oxygens (including phenoxy) is 1. The van der Waals surface area contributed by atoms with Crippen molar-refractivity contribution in [2.24, 2.45) is 0 Å². The molecule has 3 heteroatoms. The molecule has 0 N–H and O–H groups in total. The number of hydrogen-bond acceptors (Lipinski definition) is 3. The fraction of sp³-hybridized carbons (Fsp3) is 0.0714. The van der Waals surface area contributed by atoms with Crippen LogP contribution in [0.1, 0.15) is 49.9 Å². The Bertz CT molecular complexity index is 1330. The highest BCUT2D eigenvalue weighted by molar-refractivity contribution is 6.13. The molecule has 0 aromatic heterocycles. The van der Waals surface area contributed by atoms with Crippen LogP contribution in [0.4, 0.5) is 0 Å². The Hall–Kier alpha value is -3.98. The van der Waals surface area contributed by atoms with Crippen LogP contribution < -0.4 is 0 Å². The van der Waals surface area contributed by atoms with Crippen molar-refractivity contribution in [1.29, 1.82) is 0 Å². The molecule has 3 nitrogen and oxygen atoms in total. The summed E-state index contributed by atoms with van der Waals surface area (Å²) in [6.07, 6.45) is 1.78. The van der Waals surface area contributed by atoms with E-state index in [-0.39, 0.29) is 5.78 Å². The molecule has 4 aromatic rings. The van der Waals surface area contributed by atoms with Crippen molar-refractivity contribution in [2.45, 2.75) is 12.5 Å². The van der Waals surface area contributed by atoms with Crippen molar-refractivity contribution >= 4 is 28.6 Å². The molecule has 4 aromatic carbocycles. The van der Waals surface area contributed by atoms with Gasteiger partial charge in [0.05, 0.1) is 5.56 Å². The van der Waals surface area contributed by atoms with E-state index in [9.17, 15) is 9.59 Å². The van der Waals surface area contributed by atoms with Crippen LogP contribution >= 0.6 is 0 Å². The predicted octanol–water partition coefficient (Wildman–Crippen LogP) is 6.15. The molecule has 0 amide bonds. The summed E-state index contributed by atoms with van der Waals surface area (Å²) < 4.78 is 6.23. The number of carbonyl (C=O) groups excluding carboxylic acids is 2. The maximum Gasteiger partial charge on any atom is 0.339 e. The van der Waals surface area contributed by atoms with E-state index in [2.05, 4.69) is 6.58 Å². The lowest BCUT2D eigenvalue weighted by molar-refractivity contribution is 0.00502. The minimum Gasteiger partial charge on any atom is -0.446 e. The number of carbonyl (C=O) groups is 2. The Morgan fingerprint density at radius 2 is 1.35 bits per heavy atom. The van der Waals surface area contributed by atoms with Gasteiger partial charge < -0.3 is 4.74 Å². The molecule has 0 unspecified atom stereocenters. The van der Waals surface area contributed by atoms with Crippen molar-refractivity contribution in [1.82, 2.24) is 0 Å². The van der Waals surface area contributed by atoms with Gasteiger partial charge >= 0.3 is 5.97 Å². The summed E-state index contributed by atoms with van der Waals surface area (Å²) in [5.41, 5.74) is 2.85. The normalized spacial score (nSPS) is 13.9. The molecule has 1 aliphatic carbocycles. The van der Waals surface area contributed by atoms with Crippen molar-refractivity contribution in [3.05, 3.63) is 125 Å². The van der Waals surface area contributed by atoms with Gasteiger partial charge in [-0.1, -0.05) is 91.5 Å². The van der Waals surface area contributed by atoms with Crippen molar-refractivity contribution < 1.29 is 14.3 Å². The topological polar surface area (TPSA) is 43.4 Å². The molecule has 0 aliphatic heterocycles. The third kappa shape index (κ3) is 2.82. The van der Waals surface area contributed by atoms with Crippen molar-refractivity contribution in [2.75, 3.05) is 0 Å². The van der Waals surface area contributed by atoms with E-state index in [1.807, 2.05) is 73.7 Å². The molecule has 0 saturated heterocycles. The molecule has 31 heavy (non-hydrogen) atoms. The standard InChI is InChI=1S/C28H20O3/c1-3-18-16-17-21(20-11-5-4-10-19(18)20)27(30)31-28(2)24-14-8-6-12-22(24)26(29)23-13-7-9-15-25(23)28/h3-17H,1H2,2H3. The fourth-order valence-corrected chi connectivity index (χ4v) is 4.51. The highest BCUT2D eigenvalue weighted by atomic mass is 16.6. The van der Waals surface area contributed by atoms with Crippen LogP contribution in [0.25, 0.3) is 16.8 Å². The summed E-state index contributed by atoms with van der Waals surface area (Å²) in [6.45, 7) is 5.73. The first-order valence-corrected chi connectivity index (χ1v) is 10.2. The van der Waals surface area contributed by atoms with E-state index in [0.717, 1.165) is 16.3 Å². The number of ketones is 1. The van der Waals surface area contributed by atoms with Crippen LogP contribution in [-0.4, -0.2) is 11.8 Å². The van der Waals surface area contributed by atoms with E-state index >= 15 is 0 Å².